The summed E-state index contributed by atoms with van der Waals surface area (Å²) in [5.74, 6) is -1.28. The molecule has 6 nitrogen and oxygen atoms in total. The molecule has 0 aliphatic rings. The molecule has 1 aromatic rings. The Morgan fingerprint density at radius 3 is 2.68 bits per heavy atom. The SMILES string of the molecule is CCCNC(=O)C(C)Nc1c(N)cccc1C(=O)O. The lowest BCUT2D eigenvalue weighted by atomic mass is 10.1. The molecule has 1 unspecified atom stereocenters. The number of amides is 1. The molecule has 0 bridgehead atoms. The van der Waals surface area contributed by atoms with E-state index in [0.29, 0.717) is 12.2 Å². The van der Waals surface area contributed by atoms with Crippen molar-refractivity contribution in [3.63, 3.8) is 0 Å². The number of benzene rings is 1. The first-order valence-electron chi connectivity index (χ1n) is 6.13. The van der Waals surface area contributed by atoms with Gasteiger partial charge in [-0.2, -0.15) is 0 Å². The molecule has 104 valence electrons. The molecule has 0 heterocycles. The first-order valence-corrected chi connectivity index (χ1v) is 6.13. The van der Waals surface area contributed by atoms with Gasteiger partial charge < -0.3 is 21.5 Å². The molecular weight excluding hydrogens is 246 g/mol. The van der Waals surface area contributed by atoms with E-state index in [1.54, 1.807) is 19.1 Å². The van der Waals surface area contributed by atoms with E-state index in [0.717, 1.165) is 6.42 Å². The third kappa shape index (κ3) is 3.87. The molecule has 1 aromatic carbocycles. The van der Waals surface area contributed by atoms with Gasteiger partial charge in [0.05, 0.1) is 16.9 Å². The first kappa shape index (κ1) is 14.8. The predicted molar refractivity (Wildman–Crippen MR) is 74.2 cm³/mol. The molecule has 19 heavy (non-hydrogen) atoms. The minimum absolute atomic E-state index is 0.0511. The second-order valence-electron chi connectivity index (χ2n) is 4.23. The lowest BCUT2D eigenvalue weighted by Crippen LogP contribution is -2.38. The quantitative estimate of drug-likeness (QED) is 0.580. The maximum Gasteiger partial charge on any atom is 0.337 e. The number of nitrogen functional groups attached to an aromatic ring is 1. The average molecular weight is 265 g/mol. The number of carbonyl (C=O) groups excluding carboxylic acids is 1. The van der Waals surface area contributed by atoms with Crippen molar-refractivity contribution >= 4 is 23.3 Å². The summed E-state index contributed by atoms with van der Waals surface area (Å²) in [6, 6.07) is 4.03. The Hall–Kier alpha value is -2.24. The van der Waals surface area contributed by atoms with Crippen LogP contribution < -0.4 is 16.4 Å². The van der Waals surface area contributed by atoms with Gasteiger partial charge in [-0.25, -0.2) is 4.79 Å². The van der Waals surface area contributed by atoms with Crippen LogP contribution in [0.1, 0.15) is 30.6 Å². The topological polar surface area (TPSA) is 104 Å². The highest BCUT2D eigenvalue weighted by Gasteiger charge is 2.18. The molecule has 1 amide bonds. The summed E-state index contributed by atoms with van der Waals surface area (Å²) in [6.07, 6.45) is 0.840. The number of nitrogens with one attached hydrogen (secondary N) is 2. The van der Waals surface area contributed by atoms with Crippen LogP contribution in [0.25, 0.3) is 0 Å². The Balaban J connectivity index is 2.87. The molecule has 6 heteroatoms. The highest BCUT2D eigenvalue weighted by Crippen LogP contribution is 2.24. The maximum atomic E-state index is 11.7. The average Bonchev–Trinajstić information content (AvgIpc) is 2.37. The van der Waals surface area contributed by atoms with Gasteiger partial charge in [-0.05, 0) is 25.5 Å². The van der Waals surface area contributed by atoms with E-state index < -0.39 is 12.0 Å². The standard InChI is InChI=1S/C13H19N3O3/c1-3-7-15-12(17)8(2)16-11-9(13(18)19)5-4-6-10(11)14/h4-6,8,16H,3,7,14H2,1-2H3,(H,15,17)(H,18,19). The zero-order chi connectivity index (χ0) is 14.4. The van der Waals surface area contributed by atoms with Gasteiger partial charge in [0.2, 0.25) is 5.91 Å². The van der Waals surface area contributed by atoms with Crippen molar-refractivity contribution in [2.24, 2.45) is 0 Å². The predicted octanol–water partition coefficient (Wildman–Crippen LogP) is 1.29. The smallest absolute Gasteiger partial charge is 0.337 e. The normalized spacial score (nSPS) is 11.7. The van der Waals surface area contributed by atoms with Gasteiger partial charge in [-0.15, -0.1) is 0 Å². The summed E-state index contributed by atoms with van der Waals surface area (Å²) in [6.45, 7) is 4.19. The van der Waals surface area contributed by atoms with Crippen molar-refractivity contribution in [1.82, 2.24) is 5.32 Å². The third-order valence-corrected chi connectivity index (χ3v) is 2.63. The molecular formula is C13H19N3O3. The Morgan fingerprint density at radius 1 is 1.42 bits per heavy atom. The van der Waals surface area contributed by atoms with Crippen LogP contribution in [0, 0.1) is 0 Å². The minimum Gasteiger partial charge on any atom is -0.478 e. The first-order chi connectivity index (χ1) is 8.97. The zero-order valence-corrected chi connectivity index (χ0v) is 11.1. The van der Waals surface area contributed by atoms with E-state index in [1.165, 1.54) is 6.07 Å². The molecule has 0 fully saturated rings. The molecule has 0 aliphatic carbocycles. The van der Waals surface area contributed by atoms with Gasteiger partial charge in [0.15, 0.2) is 0 Å². The number of rotatable bonds is 6. The van der Waals surface area contributed by atoms with Gasteiger partial charge in [-0.3, -0.25) is 4.79 Å². The Kier molecular flexibility index (Phi) is 5.17. The van der Waals surface area contributed by atoms with Crippen LogP contribution in [0.4, 0.5) is 11.4 Å². The highest BCUT2D eigenvalue weighted by molar-refractivity contribution is 5.98. The number of carbonyl (C=O) groups is 2. The summed E-state index contributed by atoms with van der Waals surface area (Å²) in [7, 11) is 0. The van der Waals surface area contributed by atoms with Crippen LogP contribution in [-0.4, -0.2) is 29.6 Å². The van der Waals surface area contributed by atoms with Crippen molar-refractivity contribution in [2.45, 2.75) is 26.3 Å². The van der Waals surface area contributed by atoms with Gasteiger partial charge in [0.1, 0.15) is 6.04 Å². The lowest BCUT2D eigenvalue weighted by molar-refractivity contribution is -0.121. The summed E-state index contributed by atoms with van der Waals surface area (Å²) >= 11 is 0. The Bertz CT molecular complexity index is 474. The molecule has 1 atom stereocenters. The largest absolute Gasteiger partial charge is 0.478 e. The van der Waals surface area contributed by atoms with Gasteiger partial charge >= 0.3 is 5.97 Å². The number of nitrogens with two attached hydrogens (primary N) is 1. The summed E-state index contributed by atoms with van der Waals surface area (Å²) in [4.78, 5) is 22.8. The second-order valence-corrected chi connectivity index (χ2v) is 4.23. The van der Waals surface area contributed by atoms with E-state index in [4.69, 9.17) is 10.8 Å². The fraction of sp³-hybridized carbons (Fsp3) is 0.385. The molecule has 1 rings (SSSR count). The molecule has 5 N–H and O–H groups in total. The van der Waals surface area contributed by atoms with E-state index >= 15 is 0 Å². The maximum absolute atomic E-state index is 11.7. The molecule has 0 saturated carbocycles. The van der Waals surface area contributed by atoms with Crippen molar-refractivity contribution in [3.8, 4) is 0 Å². The van der Waals surface area contributed by atoms with Crippen LogP contribution in [0.3, 0.4) is 0 Å². The number of carboxylic acids is 1. The highest BCUT2D eigenvalue weighted by atomic mass is 16.4. The van der Waals surface area contributed by atoms with E-state index in [1.807, 2.05) is 6.92 Å². The molecule has 0 saturated heterocycles. The lowest BCUT2D eigenvalue weighted by Gasteiger charge is -2.18. The van der Waals surface area contributed by atoms with Gasteiger partial charge in [0, 0.05) is 6.54 Å². The molecule has 0 radical (unpaired) electrons. The number of carboxylic acid groups (broad SMARTS) is 1. The van der Waals surface area contributed by atoms with Crippen LogP contribution in [0.2, 0.25) is 0 Å². The van der Waals surface area contributed by atoms with E-state index in [2.05, 4.69) is 10.6 Å². The van der Waals surface area contributed by atoms with Crippen molar-refractivity contribution in [2.75, 3.05) is 17.6 Å². The minimum atomic E-state index is -1.09. The van der Waals surface area contributed by atoms with Gasteiger partial charge in [-0.1, -0.05) is 13.0 Å². The van der Waals surface area contributed by atoms with Gasteiger partial charge in [0.25, 0.3) is 0 Å². The fourth-order valence-electron chi connectivity index (χ4n) is 1.59. The molecule has 0 aromatic heterocycles. The summed E-state index contributed by atoms with van der Waals surface area (Å²) < 4.78 is 0. The van der Waals surface area contributed by atoms with E-state index in [-0.39, 0.29) is 17.2 Å². The molecule has 0 spiro atoms. The van der Waals surface area contributed by atoms with Crippen LogP contribution in [0.5, 0.6) is 0 Å². The van der Waals surface area contributed by atoms with Crippen molar-refractivity contribution in [3.05, 3.63) is 23.8 Å². The second kappa shape index (κ2) is 6.63. The zero-order valence-electron chi connectivity index (χ0n) is 11.1. The molecule has 0 aliphatic heterocycles. The Morgan fingerprint density at radius 2 is 2.11 bits per heavy atom. The number of anilines is 2. The summed E-state index contributed by atoms with van der Waals surface area (Å²) in [5.41, 5.74) is 6.37. The van der Waals surface area contributed by atoms with Crippen molar-refractivity contribution < 1.29 is 14.7 Å². The number of hydrogen-bond donors (Lipinski definition) is 4. The Labute approximate surface area is 112 Å². The van der Waals surface area contributed by atoms with Crippen LogP contribution >= 0.6 is 0 Å². The van der Waals surface area contributed by atoms with Crippen molar-refractivity contribution in [1.29, 1.82) is 0 Å². The number of hydrogen-bond acceptors (Lipinski definition) is 4. The van der Waals surface area contributed by atoms with Crippen LogP contribution in [-0.2, 0) is 4.79 Å². The summed E-state index contributed by atoms with van der Waals surface area (Å²) in [5, 5.41) is 14.7. The van der Waals surface area contributed by atoms with Crippen LogP contribution in [0.15, 0.2) is 18.2 Å². The fourth-order valence-corrected chi connectivity index (χ4v) is 1.59. The number of aromatic carboxylic acids is 1. The monoisotopic (exact) mass is 265 g/mol. The number of para-hydroxylation sites is 1. The van der Waals surface area contributed by atoms with E-state index in [9.17, 15) is 9.59 Å². The third-order valence-electron chi connectivity index (χ3n) is 2.63.